The van der Waals surface area contributed by atoms with E-state index in [0.29, 0.717) is 29.9 Å². The second-order valence-electron chi connectivity index (χ2n) is 5.70. The average molecular weight is 339 g/mol. The van der Waals surface area contributed by atoms with E-state index in [9.17, 15) is 0 Å². The van der Waals surface area contributed by atoms with Crippen LogP contribution in [0, 0.1) is 0 Å². The maximum absolute atomic E-state index is 5.88. The Morgan fingerprint density at radius 2 is 1.74 bits per heavy atom. The predicted molar refractivity (Wildman–Crippen MR) is 98.1 cm³/mol. The molecule has 0 aliphatic rings. The largest absolute Gasteiger partial charge is 0.362 e. The fraction of sp³-hybridized carbons (Fsp3) is 0.529. The summed E-state index contributed by atoms with van der Waals surface area (Å²) < 4.78 is 17.2. The Hall–Kier alpha value is -1.02. The fourth-order valence-electron chi connectivity index (χ4n) is 2.64. The van der Waals surface area contributed by atoms with Crippen LogP contribution in [0.15, 0.2) is 30.8 Å². The van der Waals surface area contributed by atoms with Gasteiger partial charge in [-0.1, -0.05) is 36.9 Å². The first-order valence-electron chi connectivity index (χ1n) is 7.72. The van der Waals surface area contributed by atoms with Gasteiger partial charge in [-0.25, -0.2) is 0 Å². The van der Waals surface area contributed by atoms with Gasteiger partial charge < -0.3 is 19.9 Å². The third kappa shape index (κ3) is 4.29. The van der Waals surface area contributed by atoms with Gasteiger partial charge in [0.15, 0.2) is 0 Å². The van der Waals surface area contributed by atoms with Gasteiger partial charge in [-0.15, -0.1) is 0 Å². The third-order valence-electron chi connectivity index (χ3n) is 4.61. The first-order valence-corrected chi connectivity index (χ1v) is 8.72. The number of nitrogens with zero attached hydrogens (tertiary/aromatic N) is 1. The van der Waals surface area contributed by atoms with Crippen molar-refractivity contribution in [3.8, 4) is 0 Å². The van der Waals surface area contributed by atoms with Crippen molar-refractivity contribution in [2.24, 2.45) is 5.73 Å². The van der Waals surface area contributed by atoms with Gasteiger partial charge in [0, 0.05) is 41.0 Å². The van der Waals surface area contributed by atoms with Gasteiger partial charge in [-0.3, -0.25) is 4.90 Å². The average Bonchev–Trinajstić information content (AvgIpc) is 2.60. The van der Waals surface area contributed by atoms with Crippen molar-refractivity contribution in [1.82, 2.24) is 4.90 Å². The Bertz CT molecular complexity index is 491. The van der Waals surface area contributed by atoms with Gasteiger partial charge in [0.2, 0.25) is 5.79 Å². The van der Waals surface area contributed by atoms with Crippen molar-refractivity contribution in [1.29, 1.82) is 0 Å². The summed E-state index contributed by atoms with van der Waals surface area (Å²) in [5, 5.41) is -0.660. The molecule has 0 saturated carbocycles. The number of hydrogen-bond acceptors (Lipinski definition) is 5. The van der Waals surface area contributed by atoms with Crippen LogP contribution < -0.4 is 5.73 Å². The fourth-order valence-corrected chi connectivity index (χ4v) is 3.43. The smallest absolute Gasteiger partial charge is 0.203 e. The Morgan fingerprint density at radius 1 is 1.17 bits per heavy atom. The van der Waals surface area contributed by atoms with Crippen molar-refractivity contribution >= 4 is 16.3 Å². The molecule has 0 aliphatic heterocycles. The molecule has 23 heavy (non-hydrogen) atoms. The van der Waals surface area contributed by atoms with E-state index < -0.39 is 11.1 Å². The molecule has 1 atom stereocenters. The lowest BCUT2D eigenvalue weighted by Crippen LogP contribution is -2.67. The number of nitrogens with two attached hydrogens (primary N) is 1. The van der Waals surface area contributed by atoms with E-state index in [1.165, 1.54) is 5.56 Å². The molecule has 0 spiro atoms. The highest BCUT2D eigenvalue weighted by Gasteiger charge is 2.50. The molecule has 0 bridgehead atoms. The van der Waals surface area contributed by atoms with E-state index in [4.69, 9.17) is 19.9 Å². The number of hydrogen-bond donors (Lipinski definition) is 1. The zero-order valence-corrected chi connectivity index (χ0v) is 17.0. The summed E-state index contributed by atoms with van der Waals surface area (Å²) in [7, 11) is 5.64. The summed E-state index contributed by atoms with van der Waals surface area (Å²) in [6.45, 7) is 7.60. The number of benzene rings is 1. The third-order valence-corrected chi connectivity index (χ3v) is 6.56. The van der Waals surface area contributed by atoms with Crippen molar-refractivity contribution in [3.63, 3.8) is 0 Å². The summed E-state index contributed by atoms with van der Waals surface area (Å²) >= 11 is 0. The molecule has 0 heterocycles. The molecule has 0 amide bonds. The Labute approximate surface area is 142 Å². The Kier molecular flexibility index (Phi) is 7.59. The standard InChI is InChI=1S/C17H30N2O3Si/c1-6-14-7-9-15(10-8-14)13-19(12-11-18)17(23,22-5)16(2,20-3)21-4/h6-10H,1,11-13,18H2,2-5,23H3. The Morgan fingerprint density at radius 3 is 2.13 bits per heavy atom. The second kappa shape index (κ2) is 8.72. The van der Waals surface area contributed by atoms with E-state index >= 15 is 0 Å². The lowest BCUT2D eigenvalue weighted by molar-refractivity contribution is -0.311. The number of methoxy groups -OCH3 is 3. The SMILES string of the molecule is C=Cc1ccc(CN(CCN)C([SiH3])(OC)C(C)(OC)OC)cc1. The number of ether oxygens (including phenoxy) is 3. The van der Waals surface area contributed by atoms with E-state index in [0.717, 1.165) is 5.56 Å². The summed E-state index contributed by atoms with van der Waals surface area (Å²) in [5.74, 6) is -0.871. The molecule has 130 valence electrons. The lowest BCUT2D eigenvalue weighted by Gasteiger charge is -2.50. The van der Waals surface area contributed by atoms with Crippen LogP contribution in [-0.2, 0) is 20.8 Å². The van der Waals surface area contributed by atoms with E-state index in [1.807, 2.05) is 13.0 Å². The lowest BCUT2D eigenvalue weighted by atomic mass is 10.1. The zero-order chi connectivity index (χ0) is 17.5. The van der Waals surface area contributed by atoms with Crippen molar-refractivity contribution in [3.05, 3.63) is 42.0 Å². The molecule has 2 N–H and O–H groups in total. The minimum Gasteiger partial charge on any atom is -0.362 e. The molecule has 0 radical (unpaired) electrons. The van der Waals surface area contributed by atoms with Gasteiger partial charge in [-0.2, -0.15) is 0 Å². The molecule has 5 nitrogen and oxygen atoms in total. The van der Waals surface area contributed by atoms with Crippen molar-refractivity contribution in [2.75, 3.05) is 34.4 Å². The van der Waals surface area contributed by atoms with Crippen LogP contribution in [0.5, 0.6) is 0 Å². The van der Waals surface area contributed by atoms with Crippen LogP contribution in [0.4, 0.5) is 0 Å². The van der Waals surface area contributed by atoms with E-state index in [-0.39, 0.29) is 0 Å². The van der Waals surface area contributed by atoms with Gasteiger partial charge in [0.25, 0.3) is 0 Å². The maximum atomic E-state index is 5.88. The predicted octanol–water partition coefficient (Wildman–Crippen LogP) is 0.765. The van der Waals surface area contributed by atoms with Crippen LogP contribution in [-0.4, -0.2) is 60.7 Å². The summed E-state index contributed by atoms with van der Waals surface area (Å²) in [4.78, 5) is 2.19. The molecule has 6 heteroatoms. The van der Waals surface area contributed by atoms with Crippen LogP contribution in [0.2, 0.25) is 0 Å². The van der Waals surface area contributed by atoms with Crippen LogP contribution in [0.25, 0.3) is 6.08 Å². The van der Waals surface area contributed by atoms with Crippen LogP contribution in [0.1, 0.15) is 18.1 Å². The minimum absolute atomic E-state index is 0.529. The molecule has 0 fully saturated rings. The molecule has 1 unspecified atom stereocenters. The monoisotopic (exact) mass is 338 g/mol. The van der Waals surface area contributed by atoms with Gasteiger partial charge >= 0.3 is 0 Å². The zero-order valence-electron chi connectivity index (χ0n) is 15.0. The molecule has 0 aromatic heterocycles. The summed E-state index contributed by atoms with van der Waals surface area (Å²) in [6, 6.07) is 8.29. The highest BCUT2D eigenvalue weighted by atomic mass is 28.1. The van der Waals surface area contributed by atoms with Gasteiger partial charge in [-0.05, 0) is 18.1 Å². The molecule has 1 aromatic carbocycles. The molecule has 1 aromatic rings. The topological polar surface area (TPSA) is 57.0 Å². The maximum Gasteiger partial charge on any atom is 0.203 e. The number of rotatable bonds is 10. The molecular weight excluding hydrogens is 308 g/mol. The van der Waals surface area contributed by atoms with Crippen molar-refractivity contribution < 1.29 is 14.2 Å². The first-order chi connectivity index (χ1) is 10.9. The highest BCUT2D eigenvalue weighted by molar-refractivity contribution is 6.15. The molecule has 0 aliphatic carbocycles. The molecular formula is C17H30N2O3Si. The molecule has 1 rings (SSSR count). The first kappa shape index (κ1) is 20.0. The quantitative estimate of drug-likeness (QED) is 0.504. The summed E-state index contributed by atoms with van der Waals surface area (Å²) in [6.07, 6.45) is 1.83. The van der Waals surface area contributed by atoms with Crippen LogP contribution in [0.3, 0.4) is 0 Å². The minimum atomic E-state index is -0.871. The summed E-state index contributed by atoms with van der Waals surface area (Å²) in [5.41, 5.74) is 8.11. The highest BCUT2D eigenvalue weighted by Crippen LogP contribution is 2.31. The normalized spacial score (nSPS) is 14.9. The second-order valence-corrected chi connectivity index (χ2v) is 7.05. The van der Waals surface area contributed by atoms with E-state index in [2.05, 4.69) is 35.7 Å². The van der Waals surface area contributed by atoms with Gasteiger partial charge in [0.1, 0.15) is 5.35 Å². The molecule has 0 saturated heterocycles. The van der Waals surface area contributed by atoms with Crippen molar-refractivity contribution in [2.45, 2.75) is 24.6 Å². The van der Waals surface area contributed by atoms with Crippen LogP contribution >= 0.6 is 0 Å². The van der Waals surface area contributed by atoms with E-state index in [1.54, 1.807) is 21.3 Å². The van der Waals surface area contributed by atoms with Gasteiger partial charge in [0.05, 0.1) is 10.2 Å². The Balaban J connectivity index is 3.12.